The summed E-state index contributed by atoms with van der Waals surface area (Å²) in [7, 11) is 0. The second-order valence-corrected chi connectivity index (χ2v) is 1.01. The SMILES string of the molecule is O.O=C(O)/C=C\C(=O)O.[H-].[Na+]. The molecule has 54 valence electrons. The quantitative estimate of drug-likeness (QED) is 0.315. The number of hydrogen-bond donors (Lipinski definition) is 2. The zero-order chi connectivity index (χ0) is 6.57. The van der Waals surface area contributed by atoms with Crippen molar-refractivity contribution in [3.05, 3.63) is 12.2 Å². The molecule has 0 bridgehead atoms. The van der Waals surface area contributed by atoms with E-state index in [4.69, 9.17) is 10.2 Å². The molecule has 0 atom stereocenters. The molecule has 0 unspecified atom stereocenters. The van der Waals surface area contributed by atoms with E-state index in [1.807, 2.05) is 0 Å². The fourth-order valence-corrected chi connectivity index (χ4v) is 0.143. The van der Waals surface area contributed by atoms with Gasteiger partial charge in [-0.15, -0.1) is 0 Å². The van der Waals surface area contributed by atoms with Gasteiger partial charge in [-0.1, -0.05) is 0 Å². The van der Waals surface area contributed by atoms with Gasteiger partial charge < -0.3 is 17.1 Å². The predicted molar refractivity (Wildman–Crippen MR) is 29.1 cm³/mol. The predicted octanol–water partition coefficient (Wildman–Crippen LogP) is -4.00. The van der Waals surface area contributed by atoms with Gasteiger partial charge in [0.25, 0.3) is 0 Å². The van der Waals surface area contributed by atoms with Gasteiger partial charge in [-0.05, 0) is 0 Å². The number of rotatable bonds is 2. The van der Waals surface area contributed by atoms with Crippen LogP contribution in [0, 0.1) is 0 Å². The Hall–Kier alpha value is -0.360. The van der Waals surface area contributed by atoms with Crippen LogP contribution in [-0.4, -0.2) is 27.6 Å². The summed E-state index contributed by atoms with van der Waals surface area (Å²) >= 11 is 0. The summed E-state index contributed by atoms with van der Waals surface area (Å²) in [6.07, 6.45) is 1.12. The van der Waals surface area contributed by atoms with Crippen LogP contribution in [0.4, 0.5) is 0 Å². The molecule has 10 heavy (non-hydrogen) atoms. The Kier molecular flexibility index (Phi) is 14.1. The molecule has 0 rings (SSSR count). The third-order valence-electron chi connectivity index (χ3n) is 0.368. The number of aliphatic carboxylic acids is 2. The van der Waals surface area contributed by atoms with Crippen molar-refractivity contribution in [2.24, 2.45) is 0 Å². The maximum Gasteiger partial charge on any atom is 1.00 e. The first kappa shape index (κ1) is 16.3. The standard InChI is InChI=1S/C4H4O4.Na.H2O.H/c5-3(6)1-2-4(7)8;;;/h1-2H,(H,5,6)(H,7,8);;1H2;/q;+1;;-1/b2-1-;;;. The number of carboxylic acid groups (broad SMARTS) is 2. The topological polar surface area (TPSA) is 106 Å². The molecule has 0 saturated heterocycles. The Balaban J connectivity index is -0.0000000817. The van der Waals surface area contributed by atoms with Crippen LogP contribution in [0.15, 0.2) is 12.2 Å². The first-order chi connectivity index (χ1) is 3.63. The van der Waals surface area contributed by atoms with E-state index in [0.29, 0.717) is 12.2 Å². The minimum absolute atomic E-state index is 0. The molecule has 0 heterocycles. The van der Waals surface area contributed by atoms with Crippen molar-refractivity contribution >= 4 is 11.9 Å². The Labute approximate surface area is 80.4 Å². The zero-order valence-electron chi connectivity index (χ0n) is 6.37. The van der Waals surface area contributed by atoms with E-state index in [9.17, 15) is 9.59 Å². The summed E-state index contributed by atoms with van der Waals surface area (Å²) in [5.74, 6) is -2.51. The van der Waals surface area contributed by atoms with Crippen LogP contribution in [0.5, 0.6) is 0 Å². The third-order valence-corrected chi connectivity index (χ3v) is 0.368. The molecular weight excluding hydrogens is 151 g/mol. The van der Waals surface area contributed by atoms with Crippen LogP contribution in [0.1, 0.15) is 1.43 Å². The molecule has 0 aromatic carbocycles. The molecule has 0 aliphatic heterocycles. The molecule has 6 heteroatoms. The van der Waals surface area contributed by atoms with E-state index in [0.717, 1.165) is 0 Å². The van der Waals surface area contributed by atoms with Gasteiger partial charge in [0.1, 0.15) is 0 Å². The van der Waals surface area contributed by atoms with Crippen LogP contribution >= 0.6 is 0 Å². The second kappa shape index (κ2) is 8.64. The molecular formula is C4H7NaO5. The zero-order valence-corrected chi connectivity index (χ0v) is 7.37. The number of carbonyl (C=O) groups is 2. The van der Waals surface area contributed by atoms with Gasteiger partial charge in [0.2, 0.25) is 0 Å². The first-order valence-corrected chi connectivity index (χ1v) is 1.77. The molecule has 0 aliphatic carbocycles. The molecule has 0 radical (unpaired) electrons. The van der Waals surface area contributed by atoms with Gasteiger partial charge >= 0.3 is 41.5 Å². The maximum absolute atomic E-state index is 9.55. The van der Waals surface area contributed by atoms with Crippen molar-refractivity contribution in [3.8, 4) is 0 Å². The van der Waals surface area contributed by atoms with Crippen LogP contribution in [0.25, 0.3) is 0 Å². The smallest absolute Gasteiger partial charge is 1.00 e. The fourth-order valence-electron chi connectivity index (χ4n) is 0.143. The second-order valence-electron chi connectivity index (χ2n) is 1.01. The molecule has 0 saturated carbocycles. The van der Waals surface area contributed by atoms with Gasteiger partial charge in [0.15, 0.2) is 0 Å². The van der Waals surface area contributed by atoms with Crippen LogP contribution in [0.2, 0.25) is 0 Å². The minimum Gasteiger partial charge on any atom is -1.00 e. The van der Waals surface area contributed by atoms with Crippen molar-refractivity contribution in [1.82, 2.24) is 0 Å². The van der Waals surface area contributed by atoms with Crippen molar-refractivity contribution in [3.63, 3.8) is 0 Å². The molecule has 5 nitrogen and oxygen atoms in total. The van der Waals surface area contributed by atoms with E-state index in [1.165, 1.54) is 0 Å². The van der Waals surface area contributed by atoms with Crippen LogP contribution in [0.3, 0.4) is 0 Å². The largest absolute Gasteiger partial charge is 1.00 e. The van der Waals surface area contributed by atoms with Crippen molar-refractivity contribution < 1.29 is 56.3 Å². The Bertz CT molecular complexity index is 129. The summed E-state index contributed by atoms with van der Waals surface area (Å²) in [5, 5.41) is 15.6. The average Bonchev–Trinajstić information content (AvgIpc) is 1.61. The molecule has 0 amide bonds. The minimum atomic E-state index is -1.26. The summed E-state index contributed by atoms with van der Waals surface area (Å²) in [5.41, 5.74) is 0. The van der Waals surface area contributed by atoms with E-state index in [1.54, 1.807) is 0 Å². The molecule has 0 aliphatic rings. The molecule has 0 aromatic heterocycles. The maximum atomic E-state index is 9.55. The number of hydrogen-bond acceptors (Lipinski definition) is 2. The summed E-state index contributed by atoms with van der Waals surface area (Å²) in [4.78, 5) is 19.1. The normalized spacial score (nSPS) is 7.60. The molecule has 4 N–H and O–H groups in total. The third kappa shape index (κ3) is 15.6. The summed E-state index contributed by atoms with van der Waals surface area (Å²) in [6, 6.07) is 0. The van der Waals surface area contributed by atoms with E-state index < -0.39 is 11.9 Å². The van der Waals surface area contributed by atoms with Gasteiger partial charge in [0, 0.05) is 12.2 Å². The van der Waals surface area contributed by atoms with Gasteiger partial charge in [-0.3, -0.25) is 0 Å². The van der Waals surface area contributed by atoms with Gasteiger partial charge in [-0.2, -0.15) is 0 Å². The monoisotopic (exact) mass is 158 g/mol. The molecule has 0 spiro atoms. The Morgan fingerprint density at radius 2 is 1.30 bits per heavy atom. The Morgan fingerprint density at radius 1 is 1.10 bits per heavy atom. The van der Waals surface area contributed by atoms with E-state index in [-0.39, 0.29) is 36.5 Å². The molecule has 0 fully saturated rings. The van der Waals surface area contributed by atoms with E-state index >= 15 is 0 Å². The fraction of sp³-hybridized carbons (Fsp3) is 0. The first-order valence-electron chi connectivity index (χ1n) is 1.77. The average molecular weight is 158 g/mol. The van der Waals surface area contributed by atoms with Crippen molar-refractivity contribution in [2.75, 3.05) is 0 Å². The summed E-state index contributed by atoms with van der Waals surface area (Å²) < 4.78 is 0. The summed E-state index contributed by atoms with van der Waals surface area (Å²) in [6.45, 7) is 0. The van der Waals surface area contributed by atoms with Gasteiger partial charge in [-0.25, -0.2) is 9.59 Å². The van der Waals surface area contributed by atoms with Crippen LogP contribution in [-0.2, 0) is 9.59 Å². The van der Waals surface area contributed by atoms with Crippen LogP contribution < -0.4 is 29.6 Å². The van der Waals surface area contributed by atoms with Gasteiger partial charge in [0.05, 0.1) is 0 Å². The Morgan fingerprint density at radius 3 is 1.40 bits per heavy atom. The van der Waals surface area contributed by atoms with Crippen molar-refractivity contribution in [2.45, 2.75) is 0 Å². The molecule has 0 aromatic rings. The van der Waals surface area contributed by atoms with Crippen molar-refractivity contribution in [1.29, 1.82) is 0 Å². The number of carboxylic acids is 2. The van der Waals surface area contributed by atoms with E-state index in [2.05, 4.69) is 0 Å².